The number of rotatable bonds is 6. The van der Waals surface area contributed by atoms with Crippen LogP contribution >= 0.6 is 0 Å². The molecule has 0 atom stereocenters. The molecule has 0 saturated heterocycles. The molecule has 0 radical (unpaired) electrons. The van der Waals surface area contributed by atoms with Crippen molar-refractivity contribution in [2.24, 2.45) is 0 Å². The third kappa shape index (κ3) is 4.73. The van der Waals surface area contributed by atoms with Crippen molar-refractivity contribution >= 4 is 17.5 Å². The number of fused-ring (bicyclic) bond motifs is 2. The predicted molar refractivity (Wildman–Crippen MR) is 136 cm³/mol. The Labute approximate surface area is 205 Å². The molecule has 0 aliphatic carbocycles. The van der Waals surface area contributed by atoms with Gasteiger partial charge in [-0.3, -0.25) is 14.6 Å². The standard InChI is InChI=1S/C29H28N4O2/c1-2-6-21-10-12-23(13-11-21)29(35)33-20-25-14-15-27(28(34)31-18-22-7-5-16-30-17-22)32(25)19-24-8-3-4-9-26(24)33/h3-5,7-17H,2,6,18-20H2,1H3,(H,31,34). The average molecular weight is 465 g/mol. The molecule has 3 heterocycles. The van der Waals surface area contributed by atoms with Crippen LogP contribution in [0.3, 0.4) is 0 Å². The quantitative estimate of drug-likeness (QED) is 0.438. The first-order valence-electron chi connectivity index (χ1n) is 12.0. The molecule has 0 fully saturated rings. The predicted octanol–water partition coefficient (Wildman–Crippen LogP) is 4.97. The number of carbonyl (C=O) groups is 2. The summed E-state index contributed by atoms with van der Waals surface area (Å²) in [7, 11) is 0. The number of aromatic nitrogens is 2. The van der Waals surface area contributed by atoms with Crippen molar-refractivity contribution in [1.82, 2.24) is 14.9 Å². The number of hydrogen-bond donors (Lipinski definition) is 1. The molecule has 2 aromatic carbocycles. The maximum absolute atomic E-state index is 13.6. The normalized spacial score (nSPS) is 12.4. The van der Waals surface area contributed by atoms with Crippen LogP contribution < -0.4 is 10.2 Å². The van der Waals surface area contributed by atoms with Gasteiger partial charge in [0.15, 0.2) is 0 Å². The van der Waals surface area contributed by atoms with Gasteiger partial charge in [-0.2, -0.15) is 0 Å². The van der Waals surface area contributed by atoms with E-state index in [1.165, 1.54) is 5.56 Å². The van der Waals surface area contributed by atoms with Crippen LogP contribution in [0.4, 0.5) is 5.69 Å². The number of pyridine rings is 1. The molecule has 2 aromatic heterocycles. The molecule has 0 bridgehead atoms. The number of hydrogen-bond acceptors (Lipinski definition) is 3. The Morgan fingerprint density at radius 3 is 2.51 bits per heavy atom. The van der Waals surface area contributed by atoms with Crippen molar-refractivity contribution in [3.05, 3.63) is 119 Å². The molecule has 6 heteroatoms. The highest BCUT2D eigenvalue weighted by atomic mass is 16.2. The van der Waals surface area contributed by atoms with Gasteiger partial charge in [0.1, 0.15) is 5.69 Å². The van der Waals surface area contributed by atoms with E-state index in [1.54, 1.807) is 12.4 Å². The van der Waals surface area contributed by atoms with E-state index in [-0.39, 0.29) is 11.8 Å². The minimum absolute atomic E-state index is 0.0438. The molecular formula is C29H28N4O2. The van der Waals surface area contributed by atoms with Gasteiger partial charge in [-0.25, -0.2) is 0 Å². The van der Waals surface area contributed by atoms with Crippen LogP contribution in [0.5, 0.6) is 0 Å². The van der Waals surface area contributed by atoms with Gasteiger partial charge in [-0.1, -0.05) is 49.7 Å². The molecule has 35 heavy (non-hydrogen) atoms. The fourth-order valence-electron chi connectivity index (χ4n) is 4.57. The van der Waals surface area contributed by atoms with Gasteiger partial charge in [-0.15, -0.1) is 0 Å². The smallest absolute Gasteiger partial charge is 0.268 e. The summed E-state index contributed by atoms with van der Waals surface area (Å²) in [6.07, 6.45) is 5.53. The van der Waals surface area contributed by atoms with Crippen LogP contribution in [-0.2, 0) is 26.1 Å². The van der Waals surface area contributed by atoms with Crippen molar-refractivity contribution in [2.45, 2.75) is 39.4 Å². The number of nitrogens with one attached hydrogen (secondary N) is 1. The number of para-hydroxylation sites is 1. The molecule has 176 valence electrons. The summed E-state index contributed by atoms with van der Waals surface area (Å²) in [5, 5.41) is 2.99. The number of anilines is 1. The van der Waals surface area contributed by atoms with Gasteiger partial charge in [0.2, 0.25) is 0 Å². The van der Waals surface area contributed by atoms with Crippen LogP contribution in [-0.4, -0.2) is 21.4 Å². The van der Waals surface area contributed by atoms with Crippen molar-refractivity contribution in [3.8, 4) is 0 Å². The van der Waals surface area contributed by atoms with Gasteiger partial charge in [0.05, 0.1) is 13.1 Å². The van der Waals surface area contributed by atoms with Crippen LogP contribution in [0.1, 0.15) is 56.6 Å². The highest BCUT2D eigenvalue weighted by Gasteiger charge is 2.27. The van der Waals surface area contributed by atoms with Gasteiger partial charge >= 0.3 is 0 Å². The largest absolute Gasteiger partial charge is 0.347 e. The number of amides is 2. The Balaban J connectivity index is 1.43. The zero-order valence-electron chi connectivity index (χ0n) is 19.8. The van der Waals surface area contributed by atoms with Crippen molar-refractivity contribution in [2.75, 3.05) is 4.90 Å². The lowest BCUT2D eigenvalue weighted by Gasteiger charge is -2.23. The summed E-state index contributed by atoms with van der Waals surface area (Å²) in [6, 6.07) is 23.4. The Morgan fingerprint density at radius 1 is 0.914 bits per heavy atom. The minimum atomic E-state index is -0.149. The van der Waals surface area contributed by atoms with Crippen LogP contribution in [0.15, 0.2) is 85.2 Å². The zero-order valence-corrected chi connectivity index (χ0v) is 19.8. The molecule has 4 aromatic rings. The Kier molecular flexibility index (Phi) is 6.44. The fourth-order valence-corrected chi connectivity index (χ4v) is 4.57. The number of aryl methyl sites for hydroxylation is 1. The molecular weight excluding hydrogens is 436 g/mol. The van der Waals surface area contributed by atoms with E-state index in [1.807, 2.05) is 82.3 Å². The third-order valence-corrected chi connectivity index (χ3v) is 6.40. The molecule has 0 spiro atoms. The summed E-state index contributed by atoms with van der Waals surface area (Å²) >= 11 is 0. The van der Waals surface area contributed by atoms with Gasteiger partial charge < -0.3 is 14.8 Å². The lowest BCUT2D eigenvalue weighted by molar-refractivity contribution is 0.0941. The lowest BCUT2D eigenvalue weighted by atomic mass is 10.1. The SMILES string of the molecule is CCCc1ccc(C(=O)N2Cc3ccc(C(=O)NCc4cccnc4)n3Cc3ccccc32)cc1. The molecule has 0 saturated carbocycles. The topological polar surface area (TPSA) is 67.2 Å². The number of benzene rings is 2. The maximum Gasteiger partial charge on any atom is 0.268 e. The molecule has 1 N–H and O–H groups in total. The molecule has 0 unspecified atom stereocenters. The summed E-state index contributed by atoms with van der Waals surface area (Å²) in [4.78, 5) is 32.6. The molecule has 1 aliphatic rings. The highest BCUT2D eigenvalue weighted by molar-refractivity contribution is 6.06. The van der Waals surface area contributed by atoms with Crippen molar-refractivity contribution in [1.29, 1.82) is 0 Å². The monoisotopic (exact) mass is 464 g/mol. The van der Waals surface area contributed by atoms with E-state index in [9.17, 15) is 9.59 Å². The highest BCUT2D eigenvalue weighted by Crippen LogP contribution is 2.30. The number of carbonyl (C=O) groups excluding carboxylic acids is 2. The summed E-state index contributed by atoms with van der Waals surface area (Å²) in [5.41, 5.74) is 6.21. The second-order valence-corrected chi connectivity index (χ2v) is 8.81. The van der Waals surface area contributed by atoms with Crippen molar-refractivity contribution in [3.63, 3.8) is 0 Å². The Bertz CT molecular complexity index is 1340. The van der Waals surface area contributed by atoms with E-state index in [0.29, 0.717) is 30.9 Å². The summed E-state index contributed by atoms with van der Waals surface area (Å²) in [5.74, 6) is -0.193. The van der Waals surface area contributed by atoms with E-state index in [4.69, 9.17) is 0 Å². The third-order valence-electron chi connectivity index (χ3n) is 6.40. The molecule has 6 nitrogen and oxygen atoms in total. The fraction of sp³-hybridized carbons (Fsp3) is 0.207. The maximum atomic E-state index is 13.6. The number of nitrogens with zero attached hydrogens (tertiary/aromatic N) is 3. The van der Waals surface area contributed by atoms with E-state index >= 15 is 0 Å². The first-order valence-corrected chi connectivity index (χ1v) is 12.0. The second kappa shape index (κ2) is 9.97. The molecule has 5 rings (SSSR count). The summed E-state index contributed by atoms with van der Waals surface area (Å²) in [6.45, 7) is 3.47. The van der Waals surface area contributed by atoms with E-state index < -0.39 is 0 Å². The first-order chi connectivity index (χ1) is 17.1. The molecule has 2 amide bonds. The van der Waals surface area contributed by atoms with Crippen LogP contribution in [0, 0.1) is 0 Å². The Morgan fingerprint density at radius 2 is 1.74 bits per heavy atom. The minimum Gasteiger partial charge on any atom is -0.347 e. The van der Waals surface area contributed by atoms with Gasteiger partial charge in [0, 0.05) is 35.9 Å². The second-order valence-electron chi connectivity index (χ2n) is 8.81. The van der Waals surface area contributed by atoms with Crippen LogP contribution in [0.2, 0.25) is 0 Å². The van der Waals surface area contributed by atoms with Crippen molar-refractivity contribution < 1.29 is 9.59 Å². The van der Waals surface area contributed by atoms with E-state index in [2.05, 4.69) is 17.2 Å². The lowest BCUT2D eigenvalue weighted by Crippen LogP contribution is -2.30. The average Bonchev–Trinajstić information content (AvgIpc) is 3.21. The van der Waals surface area contributed by atoms with Gasteiger partial charge in [0.25, 0.3) is 11.8 Å². The zero-order chi connectivity index (χ0) is 24.2. The van der Waals surface area contributed by atoms with E-state index in [0.717, 1.165) is 35.3 Å². The van der Waals surface area contributed by atoms with Crippen LogP contribution in [0.25, 0.3) is 0 Å². The first kappa shape index (κ1) is 22.6. The van der Waals surface area contributed by atoms with Gasteiger partial charge in [-0.05, 0) is 59.5 Å². The Hall–Kier alpha value is -4.19. The molecule has 1 aliphatic heterocycles. The summed E-state index contributed by atoms with van der Waals surface area (Å²) < 4.78 is 2.01.